The highest BCUT2D eigenvalue weighted by Gasteiger charge is 2.22. The van der Waals surface area contributed by atoms with Gasteiger partial charge in [0, 0.05) is 26.1 Å². The van der Waals surface area contributed by atoms with Crippen LogP contribution < -0.4 is 0 Å². The summed E-state index contributed by atoms with van der Waals surface area (Å²) in [5, 5.41) is 0. The summed E-state index contributed by atoms with van der Waals surface area (Å²) in [6, 6.07) is 0. The van der Waals surface area contributed by atoms with Crippen LogP contribution in [0.25, 0.3) is 0 Å². The first-order valence-electron chi connectivity index (χ1n) is 6.13. The Morgan fingerprint density at radius 3 is 2.93 bits per heavy atom. The standard InChI is InChI=1S/C12H23NO2/c1-3-6-12(14)13-8-5-7-11(9-13)10-15-4-2/h11H,3-10H2,1-2H3. The first-order valence-corrected chi connectivity index (χ1v) is 6.13. The molecule has 1 amide bonds. The van der Waals surface area contributed by atoms with Gasteiger partial charge in [-0.2, -0.15) is 0 Å². The molecule has 1 saturated heterocycles. The molecule has 0 radical (unpaired) electrons. The highest BCUT2D eigenvalue weighted by Crippen LogP contribution is 2.17. The Balaban J connectivity index is 2.31. The average molecular weight is 213 g/mol. The molecule has 0 aromatic heterocycles. The van der Waals surface area contributed by atoms with Crippen molar-refractivity contribution in [2.75, 3.05) is 26.3 Å². The molecule has 1 rings (SSSR count). The Bertz CT molecular complexity index is 194. The van der Waals surface area contributed by atoms with Crippen molar-refractivity contribution < 1.29 is 9.53 Å². The quantitative estimate of drug-likeness (QED) is 0.699. The summed E-state index contributed by atoms with van der Waals surface area (Å²) in [4.78, 5) is 13.7. The fourth-order valence-corrected chi connectivity index (χ4v) is 2.08. The maximum Gasteiger partial charge on any atom is 0.222 e. The molecule has 0 bridgehead atoms. The molecule has 0 N–H and O–H groups in total. The van der Waals surface area contributed by atoms with Gasteiger partial charge in [-0.3, -0.25) is 4.79 Å². The molecule has 0 spiro atoms. The lowest BCUT2D eigenvalue weighted by Crippen LogP contribution is -2.41. The van der Waals surface area contributed by atoms with E-state index in [2.05, 4.69) is 6.92 Å². The van der Waals surface area contributed by atoms with Gasteiger partial charge in [-0.1, -0.05) is 6.92 Å². The predicted molar refractivity (Wildman–Crippen MR) is 60.7 cm³/mol. The van der Waals surface area contributed by atoms with E-state index in [4.69, 9.17) is 4.74 Å². The smallest absolute Gasteiger partial charge is 0.222 e. The van der Waals surface area contributed by atoms with Gasteiger partial charge in [0.1, 0.15) is 0 Å². The molecule has 0 aromatic rings. The first kappa shape index (κ1) is 12.5. The maximum atomic E-state index is 11.7. The summed E-state index contributed by atoms with van der Waals surface area (Å²) in [5.41, 5.74) is 0. The fourth-order valence-electron chi connectivity index (χ4n) is 2.08. The van der Waals surface area contributed by atoms with Crippen LogP contribution in [0.3, 0.4) is 0 Å². The van der Waals surface area contributed by atoms with Gasteiger partial charge in [0.15, 0.2) is 0 Å². The molecule has 1 aliphatic heterocycles. The van der Waals surface area contributed by atoms with Crippen molar-refractivity contribution in [2.45, 2.75) is 39.5 Å². The third kappa shape index (κ3) is 4.20. The van der Waals surface area contributed by atoms with E-state index in [0.717, 1.165) is 39.1 Å². The summed E-state index contributed by atoms with van der Waals surface area (Å²) in [7, 11) is 0. The number of ether oxygens (including phenoxy) is 1. The molecule has 0 aliphatic carbocycles. The van der Waals surface area contributed by atoms with E-state index in [1.165, 1.54) is 6.42 Å². The highest BCUT2D eigenvalue weighted by molar-refractivity contribution is 5.76. The van der Waals surface area contributed by atoms with Crippen molar-refractivity contribution in [1.29, 1.82) is 0 Å². The third-order valence-electron chi connectivity index (χ3n) is 2.89. The van der Waals surface area contributed by atoms with Crippen LogP contribution in [-0.4, -0.2) is 37.1 Å². The van der Waals surface area contributed by atoms with E-state index in [1.54, 1.807) is 0 Å². The van der Waals surface area contributed by atoms with E-state index in [0.29, 0.717) is 18.2 Å². The van der Waals surface area contributed by atoms with Crippen molar-refractivity contribution >= 4 is 5.91 Å². The predicted octanol–water partition coefficient (Wildman–Crippen LogP) is 2.06. The number of nitrogens with zero attached hydrogens (tertiary/aromatic N) is 1. The van der Waals surface area contributed by atoms with Crippen molar-refractivity contribution in [3.63, 3.8) is 0 Å². The zero-order valence-electron chi connectivity index (χ0n) is 10.00. The van der Waals surface area contributed by atoms with E-state index in [9.17, 15) is 4.79 Å². The zero-order valence-corrected chi connectivity index (χ0v) is 10.00. The summed E-state index contributed by atoms with van der Waals surface area (Å²) in [6.45, 7) is 7.51. The molecule has 0 aromatic carbocycles. The van der Waals surface area contributed by atoms with Gasteiger partial charge in [-0.15, -0.1) is 0 Å². The minimum absolute atomic E-state index is 0.318. The van der Waals surface area contributed by atoms with E-state index < -0.39 is 0 Å². The Morgan fingerprint density at radius 2 is 2.27 bits per heavy atom. The highest BCUT2D eigenvalue weighted by atomic mass is 16.5. The number of likely N-dealkylation sites (tertiary alicyclic amines) is 1. The van der Waals surface area contributed by atoms with Gasteiger partial charge >= 0.3 is 0 Å². The molecule has 1 heterocycles. The lowest BCUT2D eigenvalue weighted by molar-refractivity contribution is -0.133. The number of carbonyl (C=O) groups is 1. The minimum atomic E-state index is 0.318. The average Bonchev–Trinajstić information content (AvgIpc) is 2.27. The molecular weight excluding hydrogens is 190 g/mol. The second kappa shape index (κ2) is 6.83. The maximum absolute atomic E-state index is 11.7. The fraction of sp³-hybridized carbons (Fsp3) is 0.917. The molecule has 1 unspecified atom stereocenters. The van der Waals surface area contributed by atoms with E-state index in [-0.39, 0.29) is 0 Å². The summed E-state index contributed by atoms with van der Waals surface area (Å²) in [6.07, 6.45) is 3.98. The summed E-state index contributed by atoms with van der Waals surface area (Å²) < 4.78 is 5.42. The molecule has 88 valence electrons. The first-order chi connectivity index (χ1) is 7.27. The summed E-state index contributed by atoms with van der Waals surface area (Å²) >= 11 is 0. The van der Waals surface area contributed by atoms with E-state index in [1.807, 2.05) is 11.8 Å². The number of rotatable bonds is 5. The molecule has 3 heteroatoms. The number of piperidine rings is 1. The molecule has 1 atom stereocenters. The largest absolute Gasteiger partial charge is 0.381 e. The minimum Gasteiger partial charge on any atom is -0.381 e. The zero-order chi connectivity index (χ0) is 11.1. The Hall–Kier alpha value is -0.570. The molecule has 1 aliphatic rings. The SMILES string of the molecule is CCCC(=O)N1CCCC(COCC)C1. The van der Waals surface area contributed by atoms with Crippen LogP contribution in [0.4, 0.5) is 0 Å². The van der Waals surface area contributed by atoms with Crippen molar-refractivity contribution in [1.82, 2.24) is 4.90 Å². The Morgan fingerprint density at radius 1 is 1.47 bits per heavy atom. The van der Waals surface area contributed by atoms with Crippen LogP contribution in [0.15, 0.2) is 0 Å². The van der Waals surface area contributed by atoms with Gasteiger partial charge in [-0.05, 0) is 32.1 Å². The van der Waals surface area contributed by atoms with Crippen LogP contribution in [0.5, 0.6) is 0 Å². The van der Waals surface area contributed by atoms with Crippen molar-refractivity contribution in [3.05, 3.63) is 0 Å². The van der Waals surface area contributed by atoms with Crippen LogP contribution in [-0.2, 0) is 9.53 Å². The lowest BCUT2D eigenvalue weighted by atomic mass is 9.98. The number of hydrogen-bond donors (Lipinski definition) is 0. The second-order valence-electron chi connectivity index (χ2n) is 4.26. The van der Waals surface area contributed by atoms with Crippen molar-refractivity contribution in [2.24, 2.45) is 5.92 Å². The number of carbonyl (C=O) groups excluding carboxylic acids is 1. The molecular formula is C12H23NO2. The second-order valence-corrected chi connectivity index (χ2v) is 4.26. The van der Waals surface area contributed by atoms with Crippen LogP contribution in [0.2, 0.25) is 0 Å². The van der Waals surface area contributed by atoms with Crippen molar-refractivity contribution in [3.8, 4) is 0 Å². The number of amides is 1. The lowest BCUT2D eigenvalue weighted by Gasteiger charge is -2.32. The molecule has 1 fully saturated rings. The van der Waals surface area contributed by atoms with Gasteiger partial charge in [0.2, 0.25) is 5.91 Å². The number of hydrogen-bond acceptors (Lipinski definition) is 2. The topological polar surface area (TPSA) is 29.5 Å². The van der Waals surface area contributed by atoms with Gasteiger partial charge in [0.05, 0.1) is 6.61 Å². The van der Waals surface area contributed by atoms with Gasteiger partial charge in [0.25, 0.3) is 0 Å². The van der Waals surface area contributed by atoms with Crippen LogP contribution in [0.1, 0.15) is 39.5 Å². The van der Waals surface area contributed by atoms with Crippen LogP contribution >= 0.6 is 0 Å². The van der Waals surface area contributed by atoms with Gasteiger partial charge in [-0.25, -0.2) is 0 Å². The summed E-state index contributed by atoms with van der Waals surface area (Å²) in [5.74, 6) is 0.873. The van der Waals surface area contributed by atoms with E-state index >= 15 is 0 Å². The Labute approximate surface area is 92.8 Å². The molecule has 3 nitrogen and oxygen atoms in total. The monoisotopic (exact) mass is 213 g/mol. The van der Waals surface area contributed by atoms with Gasteiger partial charge < -0.3 is 9.64 Å². The Kier molecular flexibility index (Phi) is 5.69. The molecule has 15 heavy (non-hydrogen) atoms. The normalized spacial score (nSPS) is 21.7. The molecule has 0 saturated carbocycles. The third-order valence-corrected chi connectivity index (χ3v) is 2.89. The van der Waals surface area contributed by atoms with Crippen LogP contribution in [0, 0.1) is 5.92 Å².